The minimum atomic E-state index is -0.103. The number of ether oxygens (including phenoxy) is 3. The minimum Gasteiger partial charge on any atom is -0.492 e. The molecule has 1 aliphatic heterocycles. The average Bonchev–Trinajstić information content (AvgIpc) is 3.07. The van der Waals surface area contributed by atoms with Crippen LogP contribution in [0.25, 0.3) is 11.0 Å². The van der Waals surface area contributed by atoms with E-state index in [0.717, 1.165) is 16.9 Å². The molecule has 1 amide bonds. The van der Waals surface area contributed by atoms with Crippen molar-refractivity contribution in [3.63, 3.8) is 0 Å². The summed E-state index contributed by atoms with van der Waals surface area (Å²) in [5, 5.41) is 3.54. The molecule has 3 aromatic rings. The Hall–Kier alpha value is -2.93. The first kappa shape index (κ1) is 19.4. The summed E-state index contributed by atoms with van der Waals surface area (Å²) in [7, 11) is 0. The van der Waals surface area contributed by atoms with E-state index in [1.165, 1.54) is 0 Å². The zero-order valence-electron chi connectivity index (χ0n) is 16.1. The number of amides is 1. The van der Waals surface area contributed by atoms with Gasteiger partial charge in [0.15, 0.2) is 11.5 Å². The first-order chi connectivity index (χ1) is 14.1. The highest BCUT2D eigenvalue weighted by Crippen LogP contribution is 2.34. The Morgan fingerprint density at radius 2 is 1.93 bits per heavy atom. The summed E-state index contributed by atoms with van der Waals surface area (Å²) in [5.41, 5.74) is 1.66. The number of rotatable bonds is 7. The summed E-state index contributed by atoms with van der Waals surface area (Å²) in [5.74, 6) is 2.83. The monoisotopic (exact) mass is 415 g/mol. The number of halogens is 1. The molecule has 1 N–H and O–H groups in total. The number of nitrogens with one attached hydrogen (secondary N) is 1. The standard InChI is InChI=1S/C21H22ClN3O4/c1-2-20-24-16-11-18-19(29-10-9-28-18)12-17(16)25(20)13-21(26)23-7-8-27-15-5-3-14(22)4-6-15/h3-6,11-12H,2,7-10,13H2,1H3,(H,23,26). The Labute approximate surface area is 173 Å². The summed E-state index contributed by atoms with van der Waals surface area (Å²) in [6.07, 6.45) is 0.716. The van der Waals surface area contributed by atoms with E-state index in [0.29, 0.717) is 55.1 Å². The van der Waals surface area contributed by atoms with Crippen LogP contribution in [0.15, 0.2) is 36.4 Å². The molecule has 2 heterocycles. The molecule has 0 fully saturated rings. The van der Waals surface area contributed by atoms with Gasteiger partial charge >= 0.3 is 0 Å². The average molecular weight is 416 g/mol. The fraction of sp³-hybridized carbons (Fsp3) is 0.333. The molecule has 0 bridgehead atoms. The van der Waals surface area contributed by atoms with Crippen LogP contribution < -0.4 is 19.5 Å². The summed E-state index contributed by atoms with van der Waals surface area (Å²) in [6.45, 7) is 4.02. The molecule has 0 saturated carbocycles. The van der Waals surface area contributed by atoms with E-state index in [1.807, 2.05) is 23.6 Å². The van der Waals surface area contributed by atoms with Gasteiger partial charge in [0.1, 0.15) is 37.9 Å². The van der Waals surface area contributed by atoms with Crippen molar-refractivity contribution in [1.82, 2.24) is 14.9 Å². The fourth-order valence-corrected chi connectivity index (χ4v) is 3.37. The van der Waals surface area contributed by atoms with Crippen LogP contribution in [-0.2, 0) is 17.8 Å². The van der Waals surface area contributed by atoms with E-state index in [1.54, 1.807) is 24.3 Å². The van der Waals surface area contributed by atoms with Crippen LogP contribution in [0.4, 0.5) is 0 Å². The van der Waals surface area contributed by atoms with Crippen LogP contribution in [0.1, 0.15) is 12.7 Å². The van der Waals surface area contributed by atoms with Crippen molar-refractivity contribution in [3.05, 3.63) is 47.2 Å². The minimum absolute atomic E-state index is 0.103. The van der Waals surface area contributed by atoms with Crippen molar-refractivity contribution in [2.45, 2.75) is 19.9 Å². The lowest BCUT2D eigenvalue weighted by Crippen LogP contribution is -2.31. The van der Waals surface area contributed by atoms with Crippen LogP contribution in [0, 0.1) is 0 Å². The zero-order valence-corrected chi connectivity index (χ0v) is 16.9. The van der Waals surface area contributed by atoms with Gasteiger partial charge in [-0.15, -0.1) is 0 Å². The van der Waals surface area contributed by atoms with E-state index in [9.17, 15) is 4.79 Å². The van der Waals surface area contributed by atoms with E-state index in [2.05, 4.69) is 10.3 Å². The van der Waals surface area contributed by atoms with Crippen molar-refractivity contribution < 1.29 is 19.0 Å². The number of hydrogen-bond acceptors (Lipinski definition) is 5. The number of benzene rings is 2. The van der Waals surface area contributed by atoms with Gasteiger partial charge in [0.2, 0.25) is 5.91 Å². The second-order valence-electron chi connectivity index (χ2n) is 6.60. The molecule has 0 aliphatic carbocycles. The molecule has 2 aromatic carbocycles. The number of nitrogens with zero attached hydrogens (tertiary/aromatic N) is 2. The van der Waals surface area contributed by atoms with E-state index >= 15 is 0 Å². The van der Waals surface area contributed by atoms with E-state index in [4.69, 9.17) is 25.8 Å². The Bertz CT molecular complexity index is 1020. The lowest BCUT2D eigenvalue weighted by Gasteiger charge is -2.18. The van der Waals surface area contributed by atoms with Crippen molar-refractivity contribution in [2.75, 3.05) is 26.4 Å². The molecule has 0 atom stereocenters. The Morgan fingerprint density at radius 1 is 1.21 bits per heavy atom. The highest BCUT2D eigenvalue weighted by molar-refractivity contribution is 6.30. The van der Waals surface area contributed by atoms with Gasteiger partial charge in [0.25, 0.3) is 0 Å². The number of aromatic nitrogens is 2. The number of carbonyl (C=O) groups is 1. The molecule has 152 valence electrons. The Morgan fingerprint density at radius 3 is 2.66 bits per heavy atom. The number of aryl methyl sites for hydroxylation is 1. The van der Waals surface area contributed by atoms with Crippen molar-refractivity contribution in [1.29, 1.82) is 0 Å². The summed E-state index contributed by atoms with van der Waals surface area (Å²) < 4.78 is 18.8. The van der Waals surface area contributed by atoms with Crippen LogP contribution in [0.3, 0.4) is 0 Å². The maximum Gasteiger partial charge on any atom is 0.240 e. The summed E-state index contributed by atoms with van der Waals surface area (Å²) >= 11 is 5.85. The zero-order chi connectivity index (χ0) is 20.2. The third-order valence-electron chi connectivity index (χ3n) is 4.62. The predicted molar refractivity (Wildman–Crippen MR) is 110 cm³/mol. The molecule has 0 saturated heterocycles. The largest absolute Gasteiger partial charge is 0.492 e. The molecule has 4 rings (SSSR count). The van der Waals surface area contributed by atoms with Gasteiger partial charge in [-0.25, -0.2) is 4.98 Å². The number of imidazole rings is 1. The summed E-state index contributed by atoms with van der Waals surface area (Å²) in [4.78, 5) is 17.1. The van der Waals surface area contributed by atoms with Crippen molar-refractivity contribution in [3.8, 4) is 17.2 Å². The van der Waals surface area contributed by atoms with E-state index in [-0.39, 0.29) is 12.5 Å². The molecule has 29 heavy (non-hydrogen) atoms. The highest BCUT2D eigenvalue weighted by Gasteiger charge is 2.18. The van der Waals surface area contributed by atoms with Gasteiger partial charge in [-0.3, -0.25) is 4.79 Å². The van der Waals surface area contributed by atoms with Crippen LogP contribution >= 0.6 is 11.6 Å². The number of carbonyl (C=O) groups excluding carboxylic acids is 1. The normalized spacial score (nSPS) is 12.8. The molecule has 1 aliphatic rings. The van der Waals surface area contributed by atoms with Gasteiger partial charge in [-0.1, -0.05) is 18.5 Å². The van der Waals surface area contributed by atoms with Crippen molar-refractivity contribution >= 4 is 28.5 Å². The van der Waals surface area contributed by atoms with Crippen molar-refractivity contribution in [2.24, 2.45) is 0 Å². The topological polar surface area (TPSA) is 74.6 Å². The highest BCUT2D eigenvalue weighted by atomic mass is 35.5. The van der Waals surface area contributed by atoms with Gasteiger partial charge < -0.3 is 24.1 Å². The van der Waals surface area contributed by atoms with Gasteiger partial charge in [-0.05, 0) is 24.3 Å². The number of hydrogen-bond donors (Lipinski definition) is 1. The van der Waals surface area contributed by atoms with Gasteiger partial charge in [0, 0.05) is 23.6 Å². The van der Waals surface area contributed by atoms with Crippen LogP contribution in [0.5, 0.6) is 17.2 Å². The van der Waals surface area contributed by atoms with Crippen LogP contribution in [0.2, 0.25) is 5.02 Å². The molecular formula is C21H22ClN3O4. The van der Waals surface area contributed by atoms with Crippen LogP contribution in [-0.4, -0.2) is 41.8 Å². The Balaban J connectivity index is 1.40. The molecule has 0 spiro atoms. The summed E-state index contributed by atoms with van der Waals surface area (Å²) in [6, 6.07) is 10.9. The Kier molecular flexibility index (Phi) is 5.76. The lowest BCUT2D eigenvalue weighted by molar-refractivity contribution is -0.121. The molecule has 8 heteroatoms. The molecular weight excluding hydrogens is 394 g/mol. The molecule has 7 nitrogen and oxygen atoms in total. The number of fused-ring (bicyclic) bond motifs is 2. The molecule has 0 radical (unpaired) electrons. The van der Waals surface area contributed by atoms with Gasteiger partial charge in [-0.2, -0.15) is 0 Å². The maximum atomic E-state index is 12.5. The SMILES string of the molecule is CCc1nc2cc3c(cc2n1CC(=O)NCCOc1ccc(Cl)cc1)OCCO3. The molecule has 0 unspecified atom stereocenters. The fourth-order valence-electron chi connectivity index (χ4n) is 3.25. The quantitative estimate of drug-likeness (QED) is 0.600. The second-order valence-corrected chi connectivity index (χ2v) is 7.04. The second kappa shape index (κ2) is 8.61. The first-order valence-corrected chi connectivity index (χ1v) is 9.95. The lowest BCUT2D eigenvalue weighted by atomic mass is 10.2. The first-order valence-electron chi connectivity index (χ1n) is 9.58. The third kappa shape index (κ3) is 4.40. The molecule has 1 aromatic heterocycles. The van der Waals surface area contributed by atoms with Gasteiger partial charge in [0.05, 0.1) is 17.6 Å². The maximum absolute atomic E-state index is 12.5. The predicted octanol–water partition coefficient (Wildman–Crippen LogP) is 3.22. The van der Waals surface area contributed by atoms with E-state index < -0.39 is 0 Å². The smallest absolute Gasteiger partial charge is 0.240 e. The third-order valence-corrected chi connectivity index (χ3v) is 4.87.